The van der Waals surface area contributed by atoms with Gasteiger partial charge in [0.05, 0.1) is 6.61 Å². The Morgan fingerprint density at radius 1 is 1.26 bits per heavy atom. The molecule has 0 saturated carbocycles. The summed E-state index contributed by atoms with van der Waals surface area (Å²) in [5, 5.41) is 6.82. The lowest BCUT2D eigenvalue weighted by Gasteiger charge is -2.15. The quantitative estimate of drug-likeness (QED) is 0.791. The van der Waals surface area contributed by atoms with E-state index in [1.54, 1.807) is 6.33 Å². The molecule has 1 aromatic heterocycles. The van der Waals surface area contributed by atoms with Crippen LogP contribution in [-0.2, 0) is 11.2 Å². The molecule has 0 aliphatic carbocycles. The molecule has 1 aliphatic rings. The highest BCUT2D eigenvalue weighted by Crippen LogP contribution is 2.21. The molecule has 1 saturated heterocycles. The van der Waals surface area contributed by atoms with Crippen molar-refractivity contribution in [2.24, 2.45) is 5.92 Å². The highest BCUT2D eigenvalue weighted by Gasteiger charge is 2.16. The molecule has 2 N–H and O–H groups in total. The predicted molar refractivity (Wildman–Crippen MR) is 77.6 cm³/mol. The SMILES string of the molecule is CCCNc1ncnc(NCC2CCOC2)c1CC. The first-order valence-electron chi connectivity index (χ1n) is 7.24. The molecular weight excluding hydrogens is 240 g/mol. The van der Waals surface area contributed by atoms with E-state index < -0.39 is 0 Å². The Labute approximate surface area is 115 Å². The van der Waals surface area contributed by atoms with Gasteiger partial charge >= 0.3 is 0 Å². The summed E-state index contributed by atoms with van der Waals surface area (Å²) in [6.45, 7) is 7.91. The van der Waals surface area contributed by atoms with Gasteiger partial charge in [0.25, 0.3) is 0 Å². The smallest absolute Gasteiger partial charge is 0.134 e. The summed E-state index contributed by atoms with van der Waals surface area (Å²) >= 11 is 0. The minimum Gasteiger partial charge on any atom is -0.381 e. The fourth-order valence-electron chi connectivity index (χ4n) is 2.28. The van der Waals surface area contributed by atoms with E-state index in [0.717, 1.165) is 57.2 Å². The second-order valence-electron chi connectivity index (χ2n) is 4.94. The van der Waals surface area contributed by atoms with Crippen LogP contribution >= 0.6 is 0 Å². The van der Waals surface area contributed by atoms with Crippen LogP contribution < -0.4 is 10.6 Å². The summed E-state index contributed by atoms with van der Waals surface area (Å²) in [6.07, 6.45) is 4.79. The number of rotatable bonds is 7. The Bertz CT molecular complexity index is 391. The standard InChI is InChI=1S/C14H24N4O/c1-3-6-15-13-12(4-2)14(18-10-17-13)16-8-11-5-7-19-9-11/h10-11H,3-9H2,1-2H3,(H2,15,16,17,18). The zero-order valence-electron chi connectivity index (χ0n) is 11.9. The van der Waals surface area contributed by atoms with E-state index in [2.05, 4.69) is 34.4 Å². The van der Waals surface area contributed by atoms with E-state index in [1.165, 1.54) is 5.56 Å². The molecule has 1 atom stereocenters. The molecule has 5 heteroatoms. The molecule has 2 heterocycles. The van der Waals surface area contributed by atoms with Crippen LogP contribution in [0, 0.1) is 5.92 Å². The largest absolute Gasteiger partial charge is 0.381 e. The number of anilines is 2. The second-order valence-corrected chi connectivity index (χ2v) is 4.94. The minimum absolute atomic E-state index is 0.603. The van der Waals surface area contributed by atoms with E-state index in [-0.39, 0.29) is 0 Å². The molecule has 19 heavy (non-hydrogen) atoms. The van der Waals surface area contributed by atoms with Crippen molar-refractivity contribution in [1.82, 2.24) is 9.97 Å². The number of nitrogens with one attached hydrogen (secondary N) is 2. The lowest BCUT2D eigenvalue weighted by molar-refractivity contribution is 0.187. The molecule has 5 nitrogen and oxygen atoms in total. The van der Waals surface area contributed by atoms with E-state index in [4.69, 9.17) is 4.74 Å². The summed E-state index contributed by atoms with van der Waals surface area (Å²) in [7, 11) is 0. The van der Waals surface area contributed by atoms with Crippen LogP contribution in [0.15, 0.2) is 6.33 Å². The van der Waals surface area contributed by atoms with E-state index >= 15 is 0 Å². The zero-order chi connectivity index (χ0) is 13.5. The summed E-state index contributed by atoms with van der Waals surface area (Å²) in [4.78, 5) is 8.72. The first-order valence-corrected chi connectivity index (χ1v) is 7.24. The zero-order valence-corrected chi connectivity index (χ0v) is 11.9. The lowest BCUT2D eigenvalue weighted by atomic mass is 10.1. The molecule has 1 fully saturated rings. The van der Waals surface area contributed by atoms with Crippen LogP contribution in [0.3, 0.4) is 0 Å². The Hall–Kier alpha value is -1.36. The van der Waals surface area contributed by atoms with Crippen molar-refractivity contribution in [2.75, 3.05) is 36.9 Å². The maximum atomic E-state index is 5.39. The third-order valence-corrected chi connectivity index (χ3v) is 3.42. The Balaban J connectivity index is 2.01. The summed E-state index contributed by atoms with van der Waals surface area (Å²) < 4.78 is 5.39. The number of aromatic nitrogens is 2. The van der Waals surface area contributed by atoms with Gasteiger partial charge in [-0.1, -0.05) is 13.8 Å². The van der Waals surface area contributed by atoms with Crippen molar-refractivity contribution >= 4 is 11.6 Å². The van der Waals surface area contributed by atoms with E-state index in [0.29, 0.717) is 5.92 Å². The molecule has 0 radical (unpaired) electrons. The van der Waals surface area contributed by atoms with Gasteiger partial charge in [0.1, 0.15) is 18.0 Å². The van der Waals surface area contributed by atoms with Crippen LogP contribution in [0.25, 0.3) is 0 Å². The van der Waals surface area contributed by atoms with Gasteiger partial charge in [0.15, 0.2) is 0 Å². The third-order valence-electron chi connectivity index (χ3n) is 3.42. The maximum Gasteiger partial charge on any atom is 0.134 e. The molecule has 1 aromatic rings. The molecule has 1 aliphatic heterocycles. The molecular formula is C14H24N4O. The van der Waals surface area contributed by atoms with Crippen LogP contribution in [0.1, 0.15) is 32.3 Å². The first kappa shape index (κ1) is 14.1. The molecule has 0 amide bonds. The molecule has 0 spiro atoms. The van der Waals surface area contributed by atoms with Gasteiger partial charge in [0.2, 0.25) is 0 Å². The van der Waals surface area contributed by atoms with Gasteiger partial charge in [-0.3, -0.25) is 0 Å². The highest BCUT2D eigenvalue weighted by atomic mass is 16.5. The van der Waals surface area contributed by atoms with Crippen LogP contribution in [0.4, 0.5) is 11.6 Å². The number of hydrogen-bond donors (Lipinski definition) is 2. The second kappa shape index (κ2) is 7.28. The van der Waals surface area contributed by atoms with Crippen LogP contribution in [0.5, 0.6) is 0 Å². The number of ether oxygens (including phenoxy) is 1. The maximum absolute atomic E-state index is 5.39. The van der Waals surface area contributed by atoms with Gasteiger partial charge in [-0.05, 0) is 19.3 Å². The third kappa shape index (κ3) is 3.80. The van der Waals surface area contributed by atoms with Crippen LogP contribution in [0.2, 0.25) is 0 Å². The minimum atomic E-state index is 0.603. The lowest BCUT2D eigenvalue weighted by Crippen LogP contribution is -2.17. The normalized spacial score (nSPS) is 18.5. The summed E-state index contributed by atoms with van der Waals surface area (Å²) in [6, 6.07) is 0. The molecule has 0 bridgehead atoms. The molecule has 1 unspecified atom stereocenters. The van der Waals surface area contributed by atoms with Crippen LogP contribution in [-0.4, -0.2) is 36.3 Å². The number of nitrogens with zero attached hydrogens (tertiary/aromatic N) is 2. The Morgan fingerprint density at radius 2 is 2.05 bits per heavy atom. The molecule has 106 valence electrons. The van der Waals surface area contributed by atoms with Crippen molar-refractivity contribution in [3.05, 3.63) is 11.9 Å². The fourth-order valence-corrected chi connectivity index (χ4v) is 2.28. The Morgan fingerprint density at radius 3 is 2.68 bits per heavy atom. The average molecular weight is 264 g/mol. The van der Waals surface area contributed by atoms with E-state index in [1.807, 2.05) is 0 Å². The van der Waals surface area contributed by atoms with Crippen molar-refractivity contribution in [1.29, 1.82) is 0 Å². The van der Waals surface area contributed by atoms with Crippen molar-refractivity contribution in [3.63, 3.8) is 0 Å². The average Bonchev–Trinajstić information content (AvgIpc) is 2.96. The van der Waals surface area contributed by atoms with Crippen molar-refractivity contribution < 1.29 is 4.74 Å². The van der Waals surface area contributed by atoms with Crippen molar-refractivity contribution in [2.45, 2.75) is 33.1 Å². The fraction of sp³-hybridized carbons (Fsp3) is 0.714. The topological polar surface area (TPSA) is 59.1 Å². The summed E-state index contributed by atoms with van der Waals surface area (Å²) in [5.74, 6) is 2.53. The molecule has 2 rings (SSSR count). The highest BCUT2D eigenvalue weighted by molar-refractivity contribution is 5.57. The van der Waals surface area contributed by atoms with Gasteiger partial charge in [-0.2, -0.15) is 0 Å². The van der Waals surface area contributed by atoms with Gasteiger partial charge in [0, 0.05) is 31.2 Å². The van der Waals surface area contributed by atoms with Crippen molar-refractivity contribution in [3.8, 4) is 0 Å². The molecule has 0 aromatic carbocycles. The van der Waals surface area contributed by atoms with E-state index in [9.17, 15) is 0 Å². The first-order chi connectivity index (χ1) is 9.35. The van der Waals surface area contributed by atoms with Gasteiger partial charge in [-0.25, -0.2) is 9.97 Å². The predicted octanol–water partition coefficient (Wildman–Crippen LogP) is 2.31. The number of hydrogen-bond acceptors (Lipinski definition) is 5. The summed E-state index contributed by atoms with van der Waals surface area (Å²) in [5.41, 5.74) is 1.18. The Kier molecular flexibility index (Phi) is 5.39. The van der Waals surface area contributed by atoms with Gasteiger partial charge < -0.3 is 15.4 Å². The van der Waals surface area contributed by atoms with Gasteiger partial charge in [-0.15, -0.1) is 0 Å². The monoisotopic (exact) mass is 264 g/mol.